The van der Waals surface area contributed by atoms with Gasteiger partial charge in [0.25, 0.3) is 5.69 Å². The number of nitro groups is 1. The molecule has 1 saturated heterocycles. The second-order valence-corrected chi connectivity index (χ2v) is 5.29. The summed E-state index contributed by atoms with van der Waals surface area (Å²) < 4.78 is 0. The average Bonchev–Trinajstić information content (AvgIpc) is 2.41. The first-order chi connectivity index (χ1) is 9.11. The minimum Gasteiger partial charge on any atom is -0.396 e. The number of likely N-dealkylation sites (tertiary alicyclic amines) is 1. The van der Waals surface area contributed by atoms with Gasteiger partial charge in [0.1, 0.15) is 0 Å². The highest BCUT2D eigenvalue weighted by Gasteiger charge is 2.26. The van der Waals surface area contributed by atoms with Crippen molar-refractivity contribution >= 4 is 5.69 Å². The maximum absolute atomic E-state index is 11.0. The molecule has 0 saturated carbocycles. The summed E-state index contributed by atoms with van der Waals surface area (Å²) in [4.78, 5) is 12.9. The van der Waals surface area contributed by atoms with Gasteiger partial charge in [0, 0.05) is 37.4 Å². The van der Waals surface area contributed by atoms with Crippen LogP contribution in [-0.2, 0) is 6.54 Å². The number of rotatable bonds is 4. The van der Waals surface area contributed by atoms with E-state index in [0.29, 0.717) is 18.5 Å². The van der Waals surface area contributed by atoms with Crippen molar-refractivity contribution < 1.29 is 10.0 Å². The molecule has 2 atom stereocenters. The Labute approximate surface area is 113 Å². The molecule has 1 N–H and O–H groups in total. The first-order valence-corrected chi connectivity index (χ1v) is 6.69. The van der Waals surface area contributed by atoms with Gasteiger partial charge in [-0.3, -0.25) is 15.0 Å². The monoisotopic (exact) mass is 264 g/mol. The van der Waals surface area contributed by atoms with Crippen LogP contribution in [-0.4, -0.2) is 34.1 Å². The molecule has 0 spiro atoms. The number of piperidine rings is 1. The summed E-state index contributed by atoms with van der Waals surface area (Å²) in [6, 6.07) is 7.29. The summed E-state index contributed by atoms with van der Waals surface area (Å²) in [5.74, 6) is 0.291. The van der Waals surface area contributed by atoms with Crippen LogP contribution in [0.5, 0.6) is 0 Å². The van der Waals surface area contributed by atoms with Crippen LogP contribution in [0.25, 0.3) is 0 Å². The van der Waals surface area contributed by atoms with Gasteiger partial charge in [-0.15, -0.1) is 0 Å². The number of hydrogen-bond acceptors (Lipinski definition) is 4. The summed E-state index contributed by atoms with van der Waals surface area (Å²) in [6.07, 6.45) is 2.07. The third kappa shape index (κ3) is 3.30. The summed E-state index contributed by atoms with van der Waals surface area (Å²) in [7, 11) is 0. The molecule has 1 aromatic rings. The minimum atomic E-state index is -0.326. The van der Waals surface area contributed by atoms with Gasteiger partial charge >= 0.3 is 0 Å². The third-order valence-corrected chi connectivity index (χ3v) is 3.93. The predicted molar refractivity (Wildman–Crippen MR) is 72.8 cm³/mol. The lowest BCUT2D eigenvalue weighted by atomic mass is 9.93. The van der Waals surface area contributed by atoms with Crippen molar-refractivity contribution in [3.05, 3.63) is 39.9 Å². The SMILES string of the molecule is CC1CCC(CO)CN1Cc1ccccc1[N+](=O)[O-]. The Morgan fingerprint density at radius 1 is 1.42 bits per heavy atom. The molecule has 5 nitrogen and oxygen atoms in total. The van der Waals surface area contributed by atoms with Gasteiger partial charge in [-0.1, -0.05) is 18.2 Å². The Hall–Kier alpha value is -1.46. The molecule has 0 amide bonds. The molecule has 2 rings (SSSR count). The third-order valence-electron chi connectivity index (χ3n) is 3.93. The van der Waals surface area contributed by atoms with Crippen LogP contribution in [0.1, 0.15) is 25.3 Å². The van der Waals surface area contributed by atoms with Crippen LogP contribution in [0.4, 0.5) is 5.69 Å². The molecule has 0 radical (unpaired) electrons. The second kappa shape index (κ2) is 6.12. The Morgan fingerprint density at radius 2 is 2.16 bits per heavy atom. The Kier molecular flexibility index (Phi) is 4.50. The predicted octanol–water partition coefficient (Wildman–Crippen LogP) is 2.19. The maximum Gasteiger partial charge on any atom is 0.273 e. The lowest BCUT2D eigenvalue weighted by Gasteiger charge is -2.37. The first kappa shape index (κ1) is 14.0. The normalized spacial score (nSPS) is 24.3. The Morgan fingerprint density at radius 3 is 2.84 bits per heavy atom. The Balaban J connectivity index is 2.13. The number of para-hydroxylation sites is 1. The highest BCUT2D eigenvalue weighted by molar-refractivity contribution is 5.39. The van der Waals surface area contributed by atoms with E-state index in [1.54, 1.807) is 12.1 Å². The molecule has 2 unspecified atom stereocenters. The van der Waals surface area contributed by atoms with E-state index < -0.39 is 0 Å². The van der Waals surface area contributed by atoms with E-state index in [0.717, 1.165) is 24.9 Å². The van der Waals surface area contributed by atoms with Gasteiger partial charge in [0.15, 0.2) is 0 Å². The number of benzene rings is 1. The number of nitrogens with zero attached hydrogens (tertiary/aromatic N) is 2. The van der Waals surface area contributed by atoms with Gasteiger partial charge in [0.2, 0.25) is 0 Å². The van der Waals surface area contributed by atoms with E-state index in [9.17, 15) is 15.2 Å². The fraction of sp³-hybridized carbons (Fsp3) is 0.571. The van der Waals surface area contributed by atoms with E-state index in [2.05, 4.69) is 11.8 Å². The van der Waals surface area contributed by atoms with E-state index >= 15 is 0 Å². The summed E-state index contributed by atoms with van der Waals surface area (Å²) in [5, 5.41) is 20.3. The largest absolute Gasteiger partial charge is 0.396 e. The molecular weight excluding hydrogens is 244 g/mol. The molecule has 1 heterocycles. The fourth-order valence-electron chi connectivity index (χ4n) is 2.67. The average molecular weight is 264 g/mol. The molecule has 1 aliphatic heterocycles. The van der Waals surface area contributed by atoms with Crippen LogP contribution >= 0.6 is 0 Å². The van der Waals surface area contributed by atoms with Crippen molar-refractivity contribution in [2.75, 3.05) is 13.2 Å². The molecule has 1 aliphatic rings. The van der Waals surface area contributed by atoms with E-state index in [4.69, 9.17) is 0 Å². The quantitative estimate of drug-likeness (QED) is 0.668. The molecule has 1 aromatic carbocycles. The van der Waals surface area contributed by atoms with Gasteiger partial charge in [-0.2, -0.15) is 0 Å². The van der Waals surface area contributed by atoms with Crippen molar-refractivity contribution in [3.63, 3.8) is 0 Å². The molecule has 19 heavy (non-hydrogen) atoms. The lowest BCUT2D eigenvalue weighted by Crippen LogP contribution is -2.42. The zero-order valence-electron chi connectivity index (χ0n) is 11.2. The van der Waals surface area contributed by atoms with Gasteiger partial charge < -0.3 is 5.11 Å². The van der Waals surface area contributed by atoms with Crippen molar-refractivity contribution in [1.29, 1.82) is 0 Å². The molecule has 0 aliphatic carbocycles. The van der Waals surface area contributed by atoms with Crippen LogP contribution in [0.3, 0.4) is 0 Å². The standard InChI is InChI=1S/C14H20N2O3/c1-11-6-7-12(10-17)8-15(11)9-13-4-2-3-5-14(13)16(18)19/h2-5,11-12,17H,6-10H2,1H3. The van der Waals surface area contributed by atoms with Crippen LogP contribution in [0.2, 0.25) is 0 Å². The first-order valence-electron chi connectivity index (χ1n) is 6.69. The maximum atomic E-state index is 11.0. The molecule has 104 valence electrons. The van der Waals surface area contributed by atoms with Crippen molar-refractivity contribution in [3.8, 4) is 0 Å². The van der Waals surface area contributed by atoms with Gasteiger partial charge in [-0.05, 0) is 25.7 Å². The topological polar surface area (TPSA) is 66.6 Å². The summed E-state index contributed by atoms with van der Waals surface area (Å²) in [6.45, 7) is 3.72. The highest BCUT2D eigenvalue weighted by Crippen LogP contribution is 2.26. The zero-order chi connectivity index (χ0) is 13.8. The number of nitro benzene ring substituents is 1. The van der Waals surface area contributed by atoms with Crippen LogP contribution < -0.4 is 0 Å². The number of hydrogen-bond donors (Lipinski definition) is 1. The van der Waals surface area contributed by atoms with Gasteiger partial charge in [0.05, 0.1) is 4.92 Å². The van der Waals surface area contributed by atoms with Crippen LogP contribution in [0, 0.1) is 16.0 Å². The molecule has 0 aromatic heterocycles. The molecular formula is C14H20N2O3. The zero-order valence-corrected chi connectivity index (χ0v) is 11.2. The molecule has 1 fully saturated rings. The number of aliphatic hydroxyl groups is 1. The van der Waals surface area contributed by atoms with E-state index in [1.807, 2.05) is 12.1 Å². The fourth-order valence-corrected chi connectivity index (χ4v) is 2.67. The van der Waals surface area contributed by atoms with Crippen LogP contribution in [0.15, 0.2) is 24.3 Å². The van der Waals surface area contributed by atoms with Gasteiger partial charge in [-0.25, -0.2) is 0 Å². The Bertz CT molecular complexity index is 450. The number of aliphatic hydroxyl groups excluding tert-OH is 1. The van der Waals surface area contributed by atoms with Crippen molar-refractivity contribution in [2.45, 2.75) is 32.4 Å². The second-order valence-electron chi connectivity index (χ2n) is 5.29. The lowest BCUT2D eigenvalue weighted by molar-refractivity contribution is -0.385. The van der Waals surface area contributed by atoms with E-state index in [-0.39, 0.29) is 17.2 Å². The summed E-state index contributed by atoms with van der Waals surface area (Å²) in [5.41, 5.74) is 0.929. The molecule has 0 bridgehead atoms. The van der Waals surface area contributed by atoms with Crippen molar-refractivity contribution in [1.82, 2.24) is 4.90 Å². The summed E-state index contributed by atoms with van der Waals surface area (Å²) >= 11 is 0. The minimum absolute atomic E-state index is 0.181. The smallest absolute Gasteiger partial charge is 0.273 e. The molecule has 5 heteroatoms. The van der Waals surface area contributed by atoms with Crippen molar-refractivity contribution in [2.24, 2.45) is 5.92 Å². The highest BCUT2D eigenvalue weighted by atomic mass is 16.6. The van der Waals surface area contributed by atoms with E-state index in [1.165, 1.54) is 0 Å².